The van der Waals surface area contributed by atoms with E-state index in [-0.39, 0.29) is 18.9 Å². The Morgan fingerprint density at radius 2 is 1.82 bits per heavy atom. The van der Waals surface area contributed by atoms with Crippen LogP contribution >= 0.6 is 23.2 Å². The van der Waals surface area contributed by atoms with Crippen LogP contribution < -0.4 is 10.2 Å². The van der Waals surface area contributed by atoms with Gasteiger partial charge in [0, 0.05) is 23.7 Å². The van der Waals surface area contributed by atoms with Gasteiger partial charge in [0.05, 0.1) is 28.8 Å². The van der Waals surface area contributed by atoms with Crippen molar-refractivity contribution in [3.63, 3.8) is 0 Å². The Balaban J connectivity index is 1.48. The van der Waals surface area contributed by atoms with Gasteiger partial charge in [-0.05, 0) is 48.9 Å². The van der Waals surface area contributed by atoms with Crippen LogP contribution in [-0.2, 0) is 23.9 Å². The Bertz CT molecular complexity index is 1070. The van der Waals surface area contributed by atoms with Gasteiger partial charge in [0.1, 0.15) is 0 Å². The summed E-state index contributed by atoms with van der Waals surface area (Å²) in [5, 5.41) is 3.34. The number of ether oxygens (including phenoxy) is 2. The highest BCUT2D eigenvalue weighted by Gasteiger charge is 2.37. The van der Waals surface area contributed by atoms with Crippen molar-refractivity contribution in [2.24, 2.45) is 5.92 Å². The Morgan fingerprint density at radius 3 is 2.53 bits per heavy atom. The van der Waals surface area contributed by atoms with Crippen molar-refractivity contribution in [1.82, 2.24) is 0 Å². The highest BCUT2D eigenvalue weighted by molar-refractivity contribution is 6.35. The zero-order chi connectivity index (χ0) is 24.7. The SMILES string of the molecule is CCCCOC(=O)c1ccc(NC(=O)COC(=O)[C@@H]2CC(=O)N(c3cc(Cl)ccc3Cl)C2)cc1. The zero-order valence-electron chi connectivity index (χ0n) is 18.5. The molecule has 180 valence electrons. The number of benzene rings is 2. The van der Waals surface area contributed by atoms with Gasteiger partial charge >= 0.3 is 11.9 Å². The van der Waals surface area contributed by atoms with E-state index in [0.717, 1.165) is 12.8 Å². The number of unbranched alkanes of at least 4 members (excludes halogenated alkanes) is 1. The molecule has 3 rings (SSSR count). The summed E-state index contributed by atoms with van der Waals surface area (Å²) in [6.45, 7) is 1.93. The second-order valence-corrected chi connectivity index (χ2v) is 8.57. The molecular weight excluding hydrogens is 483 g/mol. The fraction of sp³-hybridized carbons (Fsp3) is 0.333. The molecule has 1 N–H and O–H groups in total. The molecule has 1 saturated heterocycles. The molecule has 1 heterocycles. The van der Waals surface area contributed by atoms with E-state index >= 15 is 0 Å². The van der Waals surface area contributed by atoms with E-state index < -0.39 is 30.4 Å². The van der Waals surface area contributed by atoms with Crippen LogP contribution in [0, 0.1) is 5.92 Å². The van der Waals surface area contributed by atoms with Gasteiger partial charge in [-0.15, -0.1) is 0 Å². The van der Waals surface area contributed by atoms with Crippen molar-refractivity contribution in [1.29, 1.82) is 0 Å². The lowest BCUT2D eigenvalue weighted by atomic mass is 10.1. The maximum atomic E-state index is 12.4. The predicted molar refractivity (Wildman–Crippen MR) is 128 cm³/mol. The molecule has 34 heavy (non-hydrogen) atoms. The van der Waals surface area contributed by atoms with Crippen molar-refractivity contribution >= 4 is 58.3 Å². The number of carbonyl (C=O) groups is 4. The molecule has 1 fully saturated rings. The minimum Gasteiger partial charge on any atom is -0.462 e. The molecule has 0 aliphatic carbocycles. The van der Waals surface area contributed by atoms with Crippen LogP contribution in [0.25, 0.3) is 0 Å². The smallest absolute Gasteiger partial charge is 0.338 e. The van der Waals surface area contributed by atoms with E-state index in [1.807, 2.05) is 6.92 Å². The minimum atomic E-state index is -0.728. The molecule has 2 aromatic rings. The third-order valence-corrected chi connectivity index (χ3v) is 5.69. The fourth-order valence-corrected chi connectivity index (χ4v) is 3.71. The molecule has 1 aliphatic rings. The van der Waals surface area contributed by atoms with Crippen molar-refractivity contribution in [2.45, 2.75) is 26.2 Å². The summed E-state index contributed by atoms with van der Waals surface area (Å²) in [6, 6.07) is 10.9. The molecular formula is C24H24Cl2N2O6. The highest BCUT2D eigenvalue weighted by Crippen LogP contribution is 2.33. The molecule has 10 heteroatoms. The lowest BCUT2D eigenvalue weighted by molar-refractivity contribution is -0.151. The van der Waals surface area contributed by atoms with E-state index in [4.69, 9.17) is 32.7 Å². The number of halogens is 2. The number of nitrogens with one attached hydrogen (secondary N) is 1. The average Bonchev–Trinajstić information content (AvgIpc) is 3.21. The lowest BCUT2D eigenvalue weighted by Crippen LogP contribution is -2.28. The van der Waals surface area contributed by atoms with E-state index in [2.05, 4.69) is 5.32 Å². The summed E-state index contributed by atoms with van der Waals surface area (Å²) in [5.74, 6) is -2.66. The molecule has 0 spiro atoms. The summed E-state index contributed by atoms with van der Waals surface area (Å²) in [5.41, 5.74) is 1.23. The number of carbonyl (C=O) groups excluding carboxylic acids is 4. The topological polar surface area (TPSA) is 102 Å². The first-order valence-corrected chi connectivity index (χ1v) is 11.5. The maximum absolute atomic E-state index is 12.4. The van der Waals surface area contributed by atoms with Crippen molar-refractivity contribution < 1.29 is 28.7 Å². The summed E-state index contributed by atoms with van der Waals surface area (Å²) < 4.78 is 10.2. The molecule has 2 aromatic carbocycles. The second kappa shape index (κ2) is 11.9. The fourth-order valence-electron chi connectivity index (χ4n) is 3.32. The predicted octanol–water partition coefficient (Wildman–Crippen LogP) is 4.49. The van der Waals surface area contributed by atoms with Gasteiger partial charge in [-0.3, -0.25) is 14.4 Å². The first kappa shape index (κ1) is 25.5. The number of amides is 2. The van der Waals surface area contributed by atoms with Gasteiger partial charge in [-0.2, -0.15) is 0 Å². The molecule has 0 unspecified atom stereocenters. The quantitative estimate of drug-likeness (QED) is 0.397. The van der Waals surface area contributed by atoms with Crippen LogP contribution in [0.15, 0.2) is 42.5 Å². The van der Waals surface area contributed by atoms with E-state index in [9.17, 15) is 19.2 Å². The van der Waals surface area contributed by atoms with E-state index in [0.29, 0.717) is 33.6 Å². The molecule has 0 bridgehead atoms. The van der Waals surface area contributed by atoms with Crippen molar-refractivity contribution in [3.8, 4) is 0 Å². The molecule has 8 nitrogen and oxygen atoms in total. The van der Waals surface area contributed by atoms with Gasteiger partial charge in [0.2, 0.25) is 5.91 Å². The molecule has 0 aromatic heterocycles. The summed E-state index contributed by atoms with van der Waals surface area (Å²) >= 11 is 12.1. The van der Waals surface area contributed by atoms with Gasteiger partial charge in [0.25, 0.3) is 5.91 Å². The highest BCUT2D eigenvalue weighted by atomic mass is 35.5. The normalized spacial score (nSPS) is 15.2. The summed E-state index contributed by atoms with van der Waals surface area (Å²) in [6.07, 6.45) is 1.66. The van der Waals surface area contributed by atoms with Crippen LogP contribution in [0.4, 0.5) is 11.4 Å². The van der Waals surface area contributed by atoms with Crippen LogP contribution in [0.1, 0.15) is 36.5 Å². The number of anilines is 2. The van der Waals surface area contributed by atoms with E-state index in [1.54, 1.807) is 30.3 Å². The van der Waals surface area contributed by atoms with E-state index in [1.165, 1.54) is 17.0 Å². The molecule has 1 aliphatic heterocycles. The largest absolute Gasteiger partial charge is 0.462 e. The number of nitrogens with zero attached hydrogens (tertiary/aromatic N) is 1. The number of hydrogen-bond donors (Lipinski definition) is 1. The van der Waals surface area contributed by atoms with Crippen molar-refractivity contribution in [2.75, 3.05) is 30.0 Å². The summed E-state index contributed by atoms with van der Waals surface area (Å²) in [4.78, 5) is 50.3. The molecule has 1 atom stereocenters. The molecule has 2 amide bonds. The standard InChI is InChI=1S/C24H24Cl2N2O6/c1-2-3-10-33-23(31)15-4-7-18(8-5-15)27-21(29)14-34-24(32)16-11-22(30)28(13-16)20-12-17(25)6-9-19(20)26/h4-9,12,16H,2-3,10-11,13-14H2,1H3,(H,27,29)/t16-/m1/s1. The Morgan fingerprint density at radius 1 is 1.09 bits per heavy atom. The number of rotatable bonds is 9. The van der Waals surface area contributed by atoms with Gasteiger partial charge in [0.15, 0.2) is 6.61 Å². The summed E-state index contributed by atoms with van der Waals surface area (Å²) in [7, 11) is 0. The Labute approximate surface area is 207 Å². The maximum Gasteiger partial charge on any atom is 0.338 e. The average molecular weight is 507 g/mol. The monoisotopic (exact) mass is 506 g/mol. The third kappa shape index (κ3) is 6.71. The zero-order valence-corrected chi connectivity index (χ0v) is 20.0. The van der Waals surface area contributed by atoms with Crippen LogP contribution in [0.3, 0.4) is 0 Å². The third-order valence-electron chi connectivity index (χ3n) is 5.14. The molecule has 0 saturated carbocycles. The first-order chi connectivity index (χ1) is 16.3. The Kier molecular flexibility index (Phi) is 8.90. The number of esters is 2. The molecule has 0 radical (unpaired) electrons. The van der Waals surface area contributed by atoms with Gasteiger partial charge in [-0.1, -0.05) is 36.5 Å². The van der Waals surface area contributed by atoms with Crippen LogP contribution in [-0.4, -0.2) is 43.5 Å². The number of hydrogen-bond acceptors (Lipinski definition) is 6. The van der Waals surface area contributed by atoms with Gasteiger partial charge < -0.3 is 19.7 Å². The second-order valence-electron chi connectivity index (χ2n) is 7.72. The Hall–Kier alpha value is -3.10. The van der Waals surface area contributed by atoms with Crippen LogP contribution in [0.5, 0.6) is 0 Å². The van der Waals surface area contributed by atoms with Crippen molar-refractivity contribution in [3.05, 3.63) is 58.1 Å². The van der Waals surface area contributed by atoms with Gasteiger partial charge in [-0.25, -0.2) is 4.79 Å². The minimum absolute atomic E-state index is 0.0564. The first-order valence-electron chi connectivity index (χ1n) is 10.8. The lowest BCUT2D eigenvalue weighted by Gasteiger charge is -2.18. The van der Waals surface area contributed by atoms with Crippen LogP contribution in [0.2, 0.25) is 10.0 Å².